The Hall–Kier alpha value is -1.27. The fourth-order valence-electron chi connectivity index (χ4n) is 3.40. The molecule has 0 aliphatic carbocycles. The number of aryl methyl sites for hydroxylation is 2. The number of benzene rings is 3. The van der Waals surface area contributed by atoms with Gasteiger partial charge in [0.25, 0.3) is 0 Å². The molecule has 0 fully saturated rings. The van der Waals surface area contributed by atoms with Gasteiger partial charge in [0.1, 0.15) is 0 Å². The van der Waals surface area contributed by atoms with Gasteiger partial charge in [0, 0.05) is 0 Å². The van der Waals surface area contributed by atoms with Gasteiger partial charge in [-0.25, -0.2) is 0 Å². The monoisotopic (exact) mass is 455 g/mol. The second-order valence-electron chi connectivity index (χ2n) is 6.26. The van der Waals surface area contributed by atoms with Crippen molar-refractivity contribution in [3.63, 3.8) is 0 Å². The number of fused-ring (bicyclic) bond motifs is 1. The van der Waals surface area contributed by atoms with E-state index >= 15 is 0 Å². The molecule has 0 spiro atoms. The Kier molecular flexibility index (Phi) is 6.82. The van der Waals surface area contributed by atoms with Crippen LogP contribution in [0.25, 0.3) is 33.0 Å². The average Bonchev–Trinajstić information content (AvgIpc) is 3.08. The summed E-state index contributed by atoms with van der Waals surface area (Å²) in [7, 11) is 9.87. The molecule has 0 heterocycles. The van der Waals surface area contributed by atoms with Gasteiger partial charge in [0.05, 0.1) is 0 Å². The maximum atomic E-state index is 4.93. The van der Waals surface area contributed by atoms with Crippen LogP contribution in [0.2, 0.25) is 0 Å². The Balaban J connectivity index is 0.000000613. The van der Waals surface area contributed by atoms with Gasteiger partial charge in [-0.05, 0) is 30.5 Å². The van der Waals surface area contributed by atoms with Crippen LogP contribution in [0.15, 0.2) is 78.9 Å². The van der Waals surface area contributed by atoms with Gasteiger partial charge in [-0.2, -0.15) is 0 Å². The molecule has 4 rings (SSSR count). The molecule has 0 unspecified atom stereocenters. The Morgan fingerprint density at radius 2 is 1.42 bits per heavy atom. The molecule has 3 heteroatoms. The Morgan fingerprint density at radius 1 is 0.769 bits per heavy atom. The summed E-state index contributed by atoms with van der Waals surface area (Å²) in [6.45, 7) is 4.39. The van der Waals surface area contributed by atoms with Gasteiger partial charge in [-0.15, -0.1) is 34.5 Å². The molecule has 0 N–H and O–H groups in total. The van der Waals surface area contributed by atoms with E-state index in [9.17, 15) is 0 Å². The summed E-state index contributed by atoms with van der Waals surface area (Å²) in [5, 5.41) is 2.66. The van der Waals surface area contributed by atoms with E-state index in [0.29, 0.717) is 0 Å². The van der Waals surface area contributed by atoms with E-state index < -0.39 is 20.8 Å². The van der Waals surface area contributed by atoms with E-state index in [1.807, 2.05) is 0 Å². The molecule has 0 nitrogen and oxygen atoms in total. The maximum absolute atomic E-state index is 4.93. The number of hydrogen-bond acceptors (Lipinski definition) is 0. The van der Waals surface area contributed by atoms with Crippen LogP contribution in [0.3, 0.4) is 0 Å². The van der Waals surface area contributed by atoms with Gasteiger partial charge in [-0.3, -0.25) is 0 Å². The molecule has 0 aromatic heterocycles. The summed E-state index contributed by atoms with van der Waals surface area (Å²) in [4.78, 5) is 0. The van der Waals surface area contributed by atoms with Gasteiger partial charge in [-0.1, -0.05) is 71.8 Å². The summed E-state index contributed by atoms with van der Waals surface area (Å²) >= 11 is -0.826. The van der Waals surface area contributed by atoms with Crippen molar-refractivity contribution in [3.05, 3.63) is 90.0 Å². The first kappa shape index (κ1) is 19.5. The molecule has 0 aliphatic heterocycles. The van der Waals surface area contributed by atoms with Crippen LogP contribution in [0.1, 0.15) is 11.1 Å². The van der Waals surface area contributed by atoms with E-state index in [0.717, 1.165) is 0 Å². The second kappa shape index (κ2) is 9.09. The van der Waals surface area contributed by atoms with Crippen LogP contribution >= 0.6 is 17.0 Å². The topological polar surface area (TPSA) is 0 Å². The first-order valence-corrected chi connectivity index (χ1v) is 14.8. The third-order valence-electron chi connectivity index (χ3n) is 4.62. The first-order chi connectivity index (χ1) is 12.7. The Bertz CT molecular complexity index is 1000. The SMILES string of the molecule is Cc1ccccc1-c1c(C)ccc2[cH-]c(-c3ccccc3)cc12.[Cl][Zr][Cl]. The molecule has 0 amide bonds. The molecular weight excluding hydrogens is 438 g/mol. The number of rotatable bonds is 2. The van der Waals surface area contributed by atoms with Crippen molar-refractivity contribution < 1.29 is 20.8 Å². The quantitative estimate of drug-likeness (QED) is 0.269. The summed E-state index contributed by atoms with van der Waals surface area (Å²) in [5.74, 6) is 0. The van der Waals surface area contributed by atoms with Crippen LogP contribution in [0.4, 0.5) is 0 Å². The van der Waals surface area contributed by atoms with Gasteiger partial charge in [0.15, 0.2) is 0 Å². The van der Waals surface area contributed by atoms with Crippen LogP contribution in [0, 0.1) is 13.8 Å². The van der Waals surface area contributed by atoms with E-state index in [4.69, 9.17) is 17.0 Å². The predicted octanol–water partition coefficient (Wildman–Crippen LogP) is 7.89. The van der Waals surface area contributed by atoms with Gasteiger partial charge < -0.3 is 0 Å². The van der Waals surface area contributed by atoms with E-state index in [-0.39, 0.29) is 0 Å². The summed E-state index contributed by atoms with van der Waals surface area (Å²) in [6, 6.07) is 28.4. The van der Waals surface area contributed by atoms with E-state index in [2.05, 4.69) is 92.7 Å². The van der Waals surface area contributed by atoms with Crippen LogP contribution in [-0.2, 0) is 20.8 Å². The molecule has 4 aromatic carbocycles. The van der Waals surface area contributed by atoms with Crippen LogP contribution in [-0.4, -0.2) is 0 Å². The molecule has 0 saturated heterocycles. The molecule has 0 saturated carbocycles. The standard InChI is InChI=1S/C23H19.2ClH.Zr/c1-16-8-6-7-11-21(16)23-17(2)12-13-19-14-20(15-22(19)23)18-9-4-3-5-10-18;;;/h3-15H,1-2H3;2*1H;/q-1;;;+2/p-2. The zero-order valence-corrected chi connectivity index (χ0v) is 18.7. The summed E-state index contributed by atoms with van der Waals surface area (Å²) in [5.41, 5.74) is 7.92. The minimum atomic E-state index is -0.826. The molecule has 0 radical (unpaired) electrons. The average molecular weight is 458 g/mol. The summed E-state index contributed by atoms with van der Waals surface area (Å²) < 4.78 is 0. The molecule has 4 aromatic rings. The molecule has 0 aliphatic rings. The Labute approximate surface area is 173 Å². The van der Waals surface area contributed by atoms with Crippen LogP contribution < -0.4 is 0 Å². The van der Waals surface area contributed by atoms with Crippen molar-refractivity contribution in [3.8, 4) is 22.3 Å². The van der Waals surface area contributed by atoms with Crippen molar-refractivity contribution in [2.75, 3.05) is 0 Å². The minimum absolute atomic E-state index is 0.826. The zero-order valence-electron chi connectivity index (χ0n) is 14.8. The fourth-order valence-corrected chi connectivity index (χ4v) is 3.40. The second-order valence-corrected chi connectivity index (χ2v) is 9.99. The molecule has 130 valence electrons. The van der Waals surface area contributed by atoms with Gasteiger partial charge >= 0.3 is 37.9 Å². The van der Waals surface area contributed by atoms with Gasteiger partial charge in [0.2, 0.25) is 0 Å². The van der Waals surface area contributed by atoms with Crippen LogP contribution in [0.5, 0.6) is 0 Å². The number of halogens is 2. The molecule has 0 atom stereocenters. The van der Waals surface area contributed by atoms with Crippen molar-refractivity contribution >= 4 is 27.8 Å². The van der Waals surface area contributed by atoms with Crippen molar-refractivity contribution in [2.24, 2.45) is 0 Å². The Morgan fingerprint density at radius 3 is 2.12 bits per heavy atom. The number of hydrogen-bond donors (Lipinski definition) is 0. The predicted molar refractivity (Wildman–Crippen MR) is 112 cm³/mol. The van der Waals surface area contributed by atoms with E-state index in [1.54, 1.807) is 0 Å². The van der Waals surface area contributed by atoms with Crippen molar-refractivity contribution in [1.29, 1.82) is 0 Å². The molecule has 0 bridgehead atoms. The fraction of sp³-hybridized carbons (Fsp3) is 0.0870. The van der Waals surface area contributed by atoms with Crippen molar-refractivity contribution in [2.45, 2.75) is 13.8 Å². The van der Waals surface area contributed by atoms with Crippen molar-refractivity contribution in [1.82, 2.24) is 0 Å². The molecular formula is C23H19Cl2Zr-. The third-order valence-corrected chi connectivity index (χ3v) is 4.62. The first-order valence-electron chi connectivity index (χ1n) is 8.43. The normalized spacial score (nSPS) is 10.3. The van der Waals surface area contributed by atoms with E-state index in [1.165, 1.54) is 44.2 Å². The molecule has 26 heavy (non-hydrogen) atoms. The zero-order chi connectivity index (χ0) is 18.5. The summed E-state index contributed by atoms with van der Waals surface area (Å²) in [6.07, 6.45) is 0. The third kappa shape index (κ3) is 4.17.